The molecule has 0 spiro atoms. The standard InChI is InChI=1S/C25H29N7O3S/c1-34-21-12-27-18-6-7-19-22(23(18)32-21)17(8-9-35-19)29-15-4-2-14(3-5-15)26-10-16-11-28-25-24(30-16)31-20(33)13-36-25/h6-7,11-12,14-15,17,26,29H,2-5,8-10,13H2,1H3,(H,30,31,33)/t14-,15-,17-/m0/s1. The summed E-state index contributed by atoms with van der Waals surface area (Å²) in [6, 6.07) is 5.00. The number of hydrogen-bond donors (Lipinski definition) is 3. The number of benzene rings is 1. The van der Waals surface area contributed by atoms with E-state index in [-0.39, 0.29) is 11.9 Å². The molecule has 1 atom stereocenters. The lowest BCUT2D eigenvalue weighted by Crippen LogP contribution is -2.42. The summed E-state index contributed by atoms with van der Waals surface area (Å²) in [5.74, 6) is 2.34. The third-order valence-corrected chi connectivity index (χ3v) is 8.01. The molecule has 3 aliphatic rings. The fourth-order valence-corrected chi connectivity index (χ4v) is 5.91. The van der Waals surface area contributed by atoms with Crippen LogP contribution in [0.1, 0.15) is 49.4 Å². The summed E-state index contributed by atoms with van der Waals surface area (Å²) in [6.07, 6.45) is 8.70. The van der Waals surface area contributed by atoms with E-state index in [2.05, 4.69) is 30.9 Å². The third-order valence-electron chi connectivity index (χ3n) is 7.04. The van der Waals surface area contributed by atoms with Crippen LogP contribution in [0.5, 0.6) is 11.6 Å². The second-order valence-corrected chi connectivity index (χ2v) is 10.4. The maximum absolute atomic E-state index is 11.6. The van der Waals surface area contributed by atoms with Crippen molar-refractivity contribution in [2.75, 3.05) is 24.8 Å². The number of ether oxygens (including phenoxy) is 2. The van der Waals surface area contributed by atoms with Crippen molar-refractivity contribution >= 4 is 34.5 Å². The molecule has 6 rings (SSSR count). The van der Waals surface area contributed by atoms with E-state index in [0.717, 1.165) is 65.2 Å². The van der Waals surface area contributed by atoms with Crippen LogP contribution in [0.4, 0.5) is 5.82 Å². The molecule has 1 aromatic carbocycles. The van der Waals surface area contributed by atoms with Gasteiger partial charge in [0.1, 0.15) is 16.3 Å². The van der Waals surface area contributed by atoms with Crippen LogP contribution >= 0.6 is 11.8 Å². The number of rotatable bonds is 6. The first kappa shape index (κ1) is 23.4. The summed E-state index contributed by atoms with van der Waals surface area (Å²) in [7, 11) is 1.61. The molecule has 3 N–H and O–H groups in total. The van der Waals surface area contributed by atoms with Gasteiger partial charge in [-0.2, -0.15) is 0 Å². The lowest BCUT2D eigenvalue weighted by Gasteiger charge is -2.35. The van der Waals surface area contributed by atoms with Crippen molar-refractivity contribution in [3.05, 3.63) is 35.8 Å². The first-order chi connectivity index (χ1) is 17.7. The normalized spacial score (nSPS) is 23.4. The number of hydrogen-bond acceptors (Lipinski definition) is 10. The molecule has 0 unspecified atom stereocenters. The van der Waals surface area contributed by atoms with E-state index in [0.29, 0.717) is 42.7 Å². The maximum atomic E-state index is 11.6. The highest BCUT2D eigenvalue weighted by Gasteiger charge is 2.29. The highest BCUT2D eigenvalue weighted by atomic mass is 32.2. The van der Waals surface area contributed by atoms with Gasteiger partial charge in [0.2, 0.25) is 11.8 Å². The number of methoxy groups -OCH3 is 1. The number of fused-ring (bicyclic) bond motifs is 4. The zero-order valence-electron chi connectivity index (χ0n) is 20.1. The number of thioether (sulfide) groups is 1. The number of amides is 1. The minimum absolute atomic E-state index is 0.0240. The smallest absolute Gasteiger partial charge is 0.236 e. The SMILES string of the molecule is COc1cnc2ccc3c(c2n1)[C@@H](N[C@H]1CC[C@H](NCc2cnc4c(n2)NC(=O)CS4)CC1)CCO3. The van der Waals surface area contributed by atoms with Gasteiger partial charge in [-0.3, -0.25) is 4.79 Å². The molecule has 3 aromatic rings. The summed E-state index contributed by atoms with van der Waals surface area (Å²) in [5, 5.41) is 11.1. The summed E-state index contributed by atoms with van der Waals surface area (Å²) in [6.45, 7) is 1.33. The zero-order valence-corrected chi connectivity index (χ0v) is 20.9. The van der Waals surface area contributed by atoms with Crippen LogP contribution in [0.15, 0.2) is 29.6 Å². The number of aromatic nitrogens is 4. The molecule has 1 aliphatic carbocycles. The van der Waals surface area contributed by atoms with Crippen LogP contribution in [-0.2, 0) is 11.3 Å². The van der Waals surface area contributed by atoms with E-state index < -0.39 is 0 Å². The second kappa shape index (κ2) is 10.2. The molecule has 0 saturated heterocycles. The number of carbonyl (C=O) groups excluding carboxylic acids is 1. The topological polar surface area (TPSA) is 123 Å². The Labute approximate surface area is 213 Å². The quantitative estimate of drug-likeness (QED) is 0.459. The van der Waals surface area contributed by atoms with Gasteiger partial charge in [-0.15, -0.1) is 0 Å². The number of nitrogens with zero attached hydrogens (tertiary/aromatic N) is 4. The van der Waals surface area contributed by atoms with Crippen LogP contribution < -0.4 is 25.4 Å². The molecule has 0 radical (unpaired) electrons. The Morgan fingerprint density at radius 3 is 2.83 bits per heavy atom. The highest BCUT2D eigenvalue weighted by Crippen LogP contribution is 2.38. The molecule has 188 valence electrons. The van der Waals surface area contributed by atoms with Gasteiger partial charge in [0.25, 0.3) is 0 Å². The van der Waals surface area contributed by atoms with E-state index in [9.17, 15) is 4.79 Å². The van der Waals surface area contributed by atoms with Gasteiger partial charge in [0, 0.05) is 36.7 Å². The van der Waals surface area contributed by atoms with Crippen LogP contribution in [0.3, 0.4) is 0 Å². The Morgan fingerprint density at radius 2 is 1.97 bits per heavy atom. The molecule has 2 aliphatic heterocycles. The molecule has 36 heavy (non-hydrogen) atoms. The van der Waals surface area contributed by atoms with E-state index in [4.69, 9.17) is 14.5 Å². The Hall–Kier alpha value is -3.02. The zero-order chi connectivity index (χ0) is 24.5. The highest BCUT2D eigenvalue weighted by molar-refractivity contribution is 8.00. The van der Waals surface area contributed by atoms with Crippen molar-refractivity contribution in [3.63, 3.8) is 0 Å². The van der Waals surface area contributed by atoms with E-state index in [1.807, 2.05) is 12.1 Å². The third kappa shape index (κ3) is 4.82. The first-order valence-electron chi connectivity index (χ1n) is 12.4. The van der Waals surface area contributed by atoms with Crippen molar-refractivity contribution in [2.24, 2.45) is 0 Å². The van der Waals surface area contributed by atoms with Gasteiger partial charge in [-0.05, 0) is 37.8 Å². The average molecular weight is 508 g/mol. The minimum Gasteiger partial charge on any atom is -0.493 e. The number of carbonyl (C=O) groups is 1. The first-order valence-corrected chi connectivity index (χ1v) is 13.4. The molecular weight excluding hydrogens is 478 g/mol. The number of anilines is 1. The fourth-order valence-electron chi connectivity index (χ4n) is 5.21. The maximum Gasteiger partial charge on any atom is 0.236 e. The Bertz CT molecular complexity index is 1280. The predicted octanol–water partition coefficient (Wildman–Crippen LogP) is 2.99. The van der Waals surface area contributed by atoms with Crippen LogP contribution in [0.25, 0.3) is 11.0 Å². The monoisotopic (exact) mass is 507 g/mol. The van der Waals surface area contributed by atoms with Crippen LogP contribution in [-0.4, -0.2) is 57.4 Å². The minimum atomic E-state index is -0.0240. The molecule has 2 aromatic heterocycles. The summed E-state index contributed by atoms with van der Waals surface area (Å²) in [4.78, 5) is 29.9. The number of nitrogens with one attached hydrogen (secondary N) is 3. The molecule has 4 heterocycles. The largest absolute Gasteiger partial charge is 0.493 e. The van der Waals surface area contributed by atoms with Crippen molar-refractivity contribution in [1.82, 2.24) is 30.6 Å². The van der Waals surface area contributed by atoms with Crippen molar-refractivity contribution in [2.45, 2.75) is 61.8 Å². The summed E-state index contributed by atoms with van der Waals surface area (Å²) >= 11 is 1.43. The van der Waals surface area contributed by atoms with Gasteiger partial charge in [0.15, 0.2) is 5.82 Å². The predicted molar refractivity (Wildman–Crippen MR) is 136 cm³/mol. The van der Waals surface area contributed by atoms with E-state index in [1.54, 1.807) is 19.5 Å². The molecule has 1 fully saturated rings. The van der Waals surface area contributed by atoms with Crippen molar-refractivity contribution < 1.29 is 14.3 Å². The summed E-state index contributed by atoms with van der Waals surface area (Å²) in [5.41, 5.74) is 3.63. The lowest BCUT2D eigenvalue weighted by atomic mass is 9.89. The van der Waals surface area contributed by atoms with Crippen LogP contribution in [0, 0.1) is 0 Å². The molecular formula is C25H29N7O3S. The molecule has 11 heteroatoms. The second-order valence-electron chi connectivity index (χ2n) is 9.40. The molecule has 10 nitrogen and oxygen atoms in total. The molecule has 1 amide bonds. The molecule has 0 bridgehead atoms. The van der Waals surface area contributed by atoms with E-state index in [1.165, 1.54) is 11.8 Å². The van der Waals surface area contributed by atoms with E-state index >= 15 is 0 Å². The Morgan fingerprint density at radius 1 is 1.11 bits per heavy atom. The van der Waals surface area contributed by atoms with Gasteiger partial charge < -0.3 is 25.4 Å². The molecule has 1 saturated carbocycles. The van der Waals surface area contributed by atoms with Crippen LogP contribution in [0.2, 0.25) is 0 Å². The van der Waals surface area contributed by atoms with Crippen molar-refractivity contribution in [3.8, 4) is 11.6 Å². The van der Waals surface area contributed by atoms with Gasteiger partial charge >= 0.3 is 0 Å². The summed E-state index contributed by atoms with van der Waals surface area (Å²) < 4.78 is 11.3. The lowest BCUT2D eigenvalue weighted by molar-refractivity contribution is -0.113. The fraction of sp³-hybridized carbons (Fsp3) is 0.480. The average Bonchev–Trinajstić information content (AvgIpc) is 2.92. The van der Waals surface area contributed by atoms with Gasteiger partial charge in [-0.1, -0.05) is 11.8 Å². The Kier molecular flexibility index (Phi) is 6.60. The van der Waals surface area contributed by atoms with Gasteiger partial charge in [0.05, 0.1) is 43.1 Å². The van der Waals surface area contributed by atoms with Crippen molar-refractivity contribution in [1.29, 1.82) is 0 Å². The Balaban J connectivity index is 1.07. The van der Waals surface area contributed by atoms with Gasteiger partial charge in [-0.25, -0.2) is 19.9 Å².